The average molecular weight is 415 g/mol. The molecule has 0 unspecified atom stereocenters. The molecule has 0 amide bonds. The summed E-state index contributed by atoms with van der Waals surface area (Å²) >= 11 is 5.94. The summed E-state index contributed by atoms with van der Waals surface area (Å²) in [5.74, 6) is 2.29. The van der Waals surface area contributed by atoms with Gasteiger partial charge in [-0.05, 0) is 43.3 Å². The minimum absolute atomic E-state index is 0.617. The van der Waals surface area contributed by atoms with Gasteiger partial charge in [0.25, 0.3) is 5.89 Å². The average Bonchev–Trinajstić information content (AvgIpc) is 3.19. The number of benzene rings is 2. The topological polar surface area (TPSA) is 57.0 Å². The van der Waals surface area contributed by atoms with Gasteiger partial charge in [-0.1, -0.05) is 28.4 Å². The molecular weight excluding hydrogens is 388 g/mol. The first kappa shape index (κ1) is 19.9. The predicted molar refractivity (Wildman–Crippen MR) is 111 cm³/mol. The molecule has 1 aliphatic rings. The van der Waals surface area contributed by atoms with Gasteiger partial charge in [0.2, 0.25) is 5.82 Å². The number of hydrogen-bond acceptors (Lipinski definition) is 4. The van der Waals surface area contributed by atoms with Gasteiger partial charge in [-0.15, -0.1) is 0 Å². The predicted octanol–water partition coefficient (Wildman–Crippen LogP) is 1.19. The van der Waals surface area contributed by atoms with Crippen LogP contribution < -0.4 is 14.5 Å². The van der Waals surface area contributed by atoms with Crippen LogP contribution in [0.5, 0.6) is 5.75 Å². The van der Waals surface area contributed by atoms with Crippen LogP contribution in [0.15, 0.2) is 47.0 Å². The third-order valence-corrected chi connectivity index (χ3v) is 5.76. The van der Waals surface area contributed by atoms with Crippen LogP contribution in [0.1, 0.15) is 17.0 Å². The zero-order valence-corrected chi connectivity index (χ0v) is 17.6. The molecule has 0 atom stereocenters. The molecular formula is C22H27ClN4O2+2. The Hall–Kier alpha value is -2.41. The minimum atomic E-state index is 0.617. The summed E-state index contributed by atoms with van der Waals surface area (Å²) in [7, 11) is 1.74. The Balaban J connectivity index is 1.31. The van der Waals surface area contributed by atoms with E-state index in [4.69, 9.17) is 20.9 Å². The van der Waals surface area contributed by atoms with E-state index in [2.05, 4.69) is 35.3 Å². The van der Waals surface area contributed by atoms with Crippen LogP contribution in [-0.2, 0) is 13.1 Å². The second-order valence-electron chi connectivity index (χ2n) is 7.69. The number of rotatable bonds is 6. The first-order chi connectivity index (χ1) is 14.1. The van der Waals surface area contributed by atoms with Gasteiger partial charge in [-0.3, -0.25) is 0 Å². The van der Waals surface area contributed by atoms with E-state index in [0.29, 0.717) is 16.7 Å². The van der Waals surface area contributed by atoms with Gasteiger partial charge in [0.15, 0.2) is 6.54 Å². The number of ether oxygens (including phenoxy) is 1. The van der Waals surface area contributed by atoms with Crippen LogP contribution in [0.3, 0.4) is 0 Å². The van der Waals surface area contributed by atoms with E-state index < -0.39 is 0 Å². The Kier molecular flexibility index (Phi) is 6.13. The maximum Gasteiger partial charge on any atom is 0.282 e. The van der Waals surface area contributed by atoms with E-state index in [0.717, 1.165) is 50.6 Å². The van der Waals surface area contributed by atoms with Crippen molar-refractivity contribution in [3.8, 4) is 17.1 Å². The van der Waals surface area contributed by atoms with Crippen molar-refractivity contribution >= 4 is 11.6 Å². The third kappa shape index (κ3) is 4.96. The molecule has 2 heterocycles. The van der Waals surface area contributed by atoms with Gasteiger partial charge in [0, 0.05) is 16.1 Å². The molecule has 152 valence electrons. The zero-order chi connectivity index (χ0) is 20.2. The van der Waals surface area contributed by atoms with Crippen LogP contribution in [0.25, 0.3) is 11.4 Å². The summed E-state index contributed by atoms with van der Waals surface area (Å²) in [5, 5.41) is 4.82. The maximum atomic E-state index is 5.94. The molecule has 1 aliphatic heterocycles. The lowest BCUT2D eigenvalue weighted by molar-refractivity contribution is -1.02. The maximum absolute atomic E-state index is 5.94. The van der Waals surface area contributed by atoms with E-state index in [1.165, 1.54) is 16.0 Å². The number of hydrogen-bond donors (Lipinski definition) is 2. The van der Waals surface area contributed by atoms with Crippen molar-refractivity contribution in [1.29, 1.82) is 0 Å². The lowest BCUT2D eigenvalue weighted by atomic mass is 10.1. The van der Waals surface area contributed by atoms with Crippen LogP contribution in [0.2, 0.25) is 5.02 Å². The first-order valence-electron chi connectivity index (χ1n) is 10.00. The number of aryl methyl sites for hydroxylation is 1. The smallest absolute Gasteiger partial charge is 0.282 e. The standard InChI is InChI=1S/C22H25ClN4O2/c1-16-3-8-20(28-2)18(13-16)14-26-9-11-27(12-10-26)15-21-24-22(25-29-21)17-4-6-19(23)7-5-17/h3-8,13H,9-12,14-15H2,1-2H3/p+2. The number of nitrogens with zero attached hydrogens (tertiary/aromatic N) is 2. The van der Waals surface area contributed by atoms with Crippen LogP contribution in [0, 0.1) is 6.92 Å². The number of piperazine rings is 1. The highest BCUT2D eigenvalue weighted by Gasteiger charge is 2.26. The van der Waals surface area contributed by atoms with Crippen molar-refractivity contribution < 1.29 is 19.1 Å². The second-order valence-corrected chi connectivity index (χ2v) is 8.12. The molecule has 0 radical (unpaired) electrons. The Morgan fingerprint density at radius 1 is 1.00 bits per heavy atom. The molecule has 1 saturated heterocycles. The Morgan fingerprint density at radius 2 is 1.69 bits per heavy atom. The van der Waals surface area contributed by atoms with Gasteiger partial charge >= 0.3 is 0 Å². The van der Waals surface area contributed by atoms with E-state index in [1.807, 2.05) is 24.3 Å². The van der Waals surface area contributed by atoms with E-state index in [1.54, 1.807) is 12.0 Å². The molecule has 0 bridgehead atoms. The van der Waals surface area contributed by atoms with Crippen molar-refractivity contribution in [1.82, 2.24) is 10.1 Å². The molecule has 1 fully saturated rings. The molecule has 0 spiro atoms. The number of aromatic nitrogens is 2. The van der Waals surface area contributed by atoms with Crippen molar-refractivity contribution in [2.24, 2.45) is 0 Å². The zero-order valence-electron chi connectivity index (χ0n) is 16.9. The van der Waals surface area contributed by atoms with Gasteiger partial charge in [0.05, 0.1) is 7.11 Å². The van der Waals surface area contributed by atoms with Crippen LogP contribution in [0.4, 0.5) is 0 Å². The Labute approximate surface area is 176 Å². The molecule has 29 heavy (non-hydrogen) atoms. The fourth-order valence-electron chi connectivity index (χ4n) is 3.88. The molecule has 7 heteroatoms. The number of quaternary nitrogens is 2. The minimum Gasteiger partial charge on any atom is -0.496 e. The number of methoxy groups -OCH3 is 1. The summed E-state index contributed by atoms with van der Waals surface area (Å²) < 4.78 is 11.0. The highest BCUT2D eigenvalue weighted by Crippen LogP contribution is 2.19. The van der Waals surface area contributed by atoms with Crippen molar-refractivity contribution in [2.45, 2.75) is 20.0 Å². The van der Waals surface area contributed by atoms with Crippen molar-refractivity contribution in [3.63, 3.8) is 0 Å². The molecule has 2 aromatic carbocycles. The van der Waals surface area contributed by atoms with Gasteiger partial charge in [-0.2, -0.15) is 4.98 Å². The van der Waals surface area contributed by atoms with E-state index in [-0.39, 0.29) is 0 Å². The second kappa shape index (κ2) is 8.95. The Bertz CT molecular complexity index is 950. The Morgan fingerprint density at radius 3 is 2.38 bits per heavy atom. The summed E-state index contributed by atoms with van der Waals surface area (Å²) in [5.41, 5.74) is 3.48. The number of halogens is 1. The van der Waals surface area contributed by atoms with E-state index in [9.17, 15) is 0 Å². The fraction of sp³-hybridized carbons (Fsp3) is 0.364. The highest BCUT2D eigenvalue weighted by molar-refractivity contribution is 6.30. The highest BCUT2D eigenvalue weighted by atomic mass is 35.5. The van der Waals surface area contributed by atoms with Crippen LogP contribution >= 0.6 is 11.6 Å². The molecule has 1 aromatic heterocycles. The van der Waals surface area contributed by atoms with Crippen molar-refractivity contribution in [2.75, 3.05) is 33.3 Å². The largest absolute Gasteiger partial charge is 0.496 e. The summed E-state index contributed by atoms with van der Waals surface area (Å²) in [6.45, 7) is 8.30. The normalized spacial score (nSPS) is 19.3. The lowest BCUT2D eigenvalue weighted by Gasteiger charge is -2.29. The third-order valence-electron chi connectivity index (χ3n) is 5.51. The quantitative estimate of drug-likeness (QED) is 0.636. The summed E-state index contributed by atoms with van der Waals surface area (Å²) in [6, 6.07) is 13.9. The number of nitrogens with one attached hydrogen (secondary N) is 2. The van der Waals surface area contributed by atoms with E-state index >= 15 is 0 Å². The van der Waals surface area contributed by atoms with Gasteiger partial charge < -0.3 is 19.1 Å². The molecule has 3 aromatic rings. The monoisotopic (exact) mass is 414 g/mol. The molecule has 4 rings (SSSR count). The fourth-order valence-corrected chi connectivity index (χ4v) is 4.01. The molecule has 0 saturated carbocycles. The first-order valence-corrected chi connectivity index (χ1v) is 10.4. The molecule has 0 aliphatic carbocycles. The van der Waals surface area contributed by atoms with Crippen LogP contribution in [-0.4, -0.2) is 43.4 Å². The summed E-state index contributed by atoms with van der Waals surface area (Å²) in [4.78, 5) is 7.63. The molecule has 2 N–H and O–H groups in total. The SMILES string of the molecule is COc1ccc(C)cc1C[NH+]1CC[NH+](Cc2nc(-c3ccc(Cl)cc3)no2)CC1. The lowest BCUT2D eigenvalue weighted by Crippen LogP contribution is -3.27. The molecule has 6 nitrogen and oxygen atoms in total. The van der Waals surface area contributed by atoms with Gasteiger partial charge in [-0.25, -0.2) is 0 Å². The summed E-state index contributed by atoms with van der Waals surface area (Å²) in [6.07, 6.45) is 0. The van der Waals surface area contributed by atoms with Crippen molar-refractivity contribution in [3.05, 3.63) is 64.5 Å². The van der Waals surface area contributed by atoms with Gasteiger partial charge in [0.1, 0.15) is 38.5 Å².